The van der Waals surface area contributed by atoms with Crippen molar-refractivity contribution in [2.75, 3.05) is 21.3 Å². The number of carbonyl (C=O) groups is 1. The van der Waals surface area contributed by atoms with Gasteiger partial charge in [0.2, 0.25) is 5.75 Å². The molecule has 0 fully saturated rings. The molecule has 3 rings (SSSR count). The zero-order chi connectivity index (χ0) is 16.6. The third kappa shape index (κ3) is 2.54. The highest BCUT2D eigenvalue weighted by Gasteiger charge is 2.31. The maximum atomic E-state index is 12.4. The summed E-state index contributed by atoms with van der Waals surface area (Å²) in [5.41, 5.74) is 3.40. The van der Waals surface area contributed by atoms with Crippen LogP contribution >= 0.6 is 0 Å². The van der Waals surface area contributed by atoms with Crippen LogP contribution in [0.2, 0.25) is 0 Å². The number of aromatic nitrogens is 2. The molecular weight excluding hydrogens is 296 g/mol. The summed E-state index contributed by atoms with van der Waals surface area (Å²) in [4.78, 5) is 12.4. The number of aromatic amines is 1. The first-order valence-electron chi connectivity index (χ1n) is 7.46. The number of hydrogen-bond donors (Lipinski definition) is 1. The van der Waals surface area contributed by atoms with Crippen molar-refractivity contribution in [2.45, 2.75) is 25.7 Å². The molecule has 0 saturated heterocycles. The number of aryl methyl sites for hydroxylation is 1. The molecule has 0 aliphatic heterocycles. The predicted molar refractivity (Wildman–Crippen MR) is 84.8 cm³/mol. The molecule has 23 heavy (non-hydrogen) atoms. The van der Waals surface area contributed by atoms with Gasteiger partial charge in [-0.1, -0.05) is 0 Å². The number of benzene rings is 1. The van der Waals surface area contributed by atoms with Crippen molar-refractivity contribution in [3.05, 3.63) is 34.6 Å². The second kappa shape index (κ2) is 5.95. The zero-order valence-corrected chi connectivity index (χ0v) is 13.7. The number of fused-ring (bicyclic) bond motifs is 1. The van der Waals surface area contributed by atoms with Gasteiger partial charge in [-0.3, -0.25) is 9.89 Å². The lowest BCUT2D eigenvalue weighted by Crippen LogP contribution is -2.19. The van der Waals surface area contributed by atoms with E-state index in [1.165, 1.54) is 0 Å². The Labute approximate surface area is 134 Å². The fraction of sp³-hybridized carbons (Fsp3) is 0.412. The van der Waals surface area contributed by atoms with Crippen LogP contribution in [-0.4, -0.2) is 37.3 Å². The highest BCUT2D eigenvalue weighted by molar-refractivity contribution is 5.99. The molecule has 1 aromatic heterocycles. The molecule has 122 valence electrons. The van der Waals surface area contributed by atoms with Gasteiger partial charge in [-0.05, 0) is 37.0 Å². The number of rotatable bonds is 4. The monoisotopic (exact) mass is 316 g/mol. The van der Waals surface area contributed by atoms with Crippen LogP contribution in [0.1, 0.15) is 39.6 Å². The van der Waals surface area contributed by atoms with Crippen molar-refractivity contribution in [2.24, 2.45) is 0 Å². The van der Waals surface area contributed by atoms with Gasteiger partial charge in [0.25, 0.3) is 0 Å². The average Bonchev–Trinajstić information content (AvgIpc) is 2.94. The van der Waals surface area contributed by atoms with Crippen molar-refractivity contribution < 1.29 is 19.0 Å². The Morgan fingerprint density at radius 3 is 2.30 bits per heavy atom. The summed E-state index contributed by atoms with van der Waals surface area (Å²) in [6, 6.07) is 3.81. The van der Waals surface area contributed by atoms with Gasteiger partial charge in [0.1, 0.15) is 0 Å². The number of Topliss-reactive ketones (excluding diaryl/α,β-unsaturated/α-hetero) is 1. The molecule has 0 spiro atoms. The lowest BCUT2D eigenvalue weighted by molar-refractivity contribution is 0.0963. The summed E-state index contributed by atoms with van der Waals surface area (Å²) >= 11 is 0. The number of nitrogens with zero attached hydrogens (tertiary/aromatic N) is 1. The molecule has 1 aromatic carbocycles. The molecule has 1 atom stereocenters. The standard InChI is InChI=1S/C17H20N2O4/c1-9-16-12(19-18-9)5-10(6-13(16)20)11-7-14(21-2)17(23-4)15(8-11)22-3/h7-8,10H,5-6H2,1-4H3,(H,18,19)/t10-/m1/s1. The van der Waals surface area contributed by atoms with Crippen LogP contribution < -0.4 is 14.2 Å². The Morgan fingerprint density at radius 1 is 1.09 bits per heavy atom. The minimum atomic E-state index is 0.0476. The molecule has 2 aromatic rings. The first kappa shape index (κ1) is 15.4. The number of hydrogen-bond acceptors (Lipinski definition) is 5. The van der Waals surface area contributed by atoms with E-state index in [0.717, 1.165) is 22.5 Å². The zero-order valence-electron chi connectivity index (χ0n) is 13.7. The fourth-order valence-electron chi connectivity index (χ4n) is 3.20. The molecule has 0 bridgehead atoms. The van der Waals surface area contributed by atoms with E-state index < -0.39 is 0 Å². The van der Waals surface area contributed by atoms with Crippen molar-refractivity contribution in [3.8, 4) is 17.2 Å². The molecule has 0 radical (unpaired) electrons. The lowest BCUT2D eigenvalue weighted by Gasteiger charge is -2.23. The molecule has 1 aliphatic rings. The number of carbonyl (C=O) groups excluding carboxylic acids is 1. The third-order valence-electron chi connectivity index (χ3n) is 4.33. The fourth-order valence-corrected chi connectivity index (χ4v) is 3.20. The molecule has 0 unspecified atom stereocenters. The predicted octanol–water partition coefficient (Wildman–Crippen LogP) is 2.66. The summed E-state index contributed by atoms with van der Waals surface area (Å²) in [6.45, 7) is 1.88. The normalized spacial score (nSPS) is 16.9. The Morgan fingerprint density at radius 2 is 1.74 bits per heavy atom. The maximum Gasteiger partial charge on any atom is 0.203 e. The molecular formula is C17H20N2O4. The van der Waals surface area contributed by atoms with E-state index in [1.54, 1.807) is 21.3 Å². The van der Waals surface area contributed by atoms with Crippen LogP contribution in [0.25, 0.3) is 0 Å². The van der Waals surface area contributed by atoms with E-state index in [1.807, 2.05) is 19.1 Å². The van der Waals surface area contributed by atoms with Gasteiger partial charge in [-0.25, -0.2) is 0 Å². The Kier molecular flexibility index (Phi) is 3.98. The largest absolute Gasteiger partial charge is 0.493 e. The van der Waals surface area contributed by atoms with E-state index in [0.29, 0.717) is 30.1 Å². The van der Waals surface area contributed by atoms with Gasteiger partial charge in [-0.15, -0.1) is 0 Å². The van der Waals surface area contributed by atoms with Crippen LogP contribution in [0.15, 0.2) is 12.1 Å². The number of nitrogens with one attached hydrogen (secondary N) is 1. The van der Waals surface area contributed by atoms with Gasteiger partial charge in [0.05, 0.1) is 32.6 Å². The molecule has 0 amide bonds. The molecule has 6 heteroatoms. The van der Waals surface area contributed by atoms with Crippen molar-refractivity contribution in [1.82, 2.24) is 10.2 Å². The number of ketones is 1. The smallest absolute Gasteiger partial charge is 0.203 e. The third-order valence-corrected chi connectivity index (χ3v) is 4.33. The minimum Gasteiger partial charge on any atom is -0.493 e. The lowest BCUT2D eigenvalue weighted by atomic mass is 9.81. The Balaban J connectivity index is 2.01. The highest BCUT2D eigenvalue weighted by atomic mass is 16.5. The Hall–Kier alpha value is -2.50. The topological polar surface area (TPSA) is 73.4 Å². The van der Waals surface area contributed by atoms with Gasteiger partial charge in [0, 0.05) is 12.1 Å². The SMILES string of the molecule is COc1cc([C@H]2CC(=O)c3c(n[nH]c3C)C2)cc(OC)c1OC. The number of H-pyrrole nitrogens is 1. The number of ether oxygens (including phenoxy) is 3. The van der Waals surface area contributed by atoms with E-state index in [2.05, 4.69) is 10.2 Å². The second-order valence-corrected chi connectivity index (χ2v) is 5.66. The summed E-state index contributed by atoms with van der Waals surface area (Å²) in [6.07, 6.45) is 1.16. The summed E-state index contributed by atoms with van der Waals surface area (Å²) < 4.78 is 16.1. The summed E-state index contributed by atoms with van der Waals surface area (Å²) in [7, 11) is 4.74. The highest BCUT2D eigenvalue weighted by Crippen LogP contribution is 2.42. The number of methoxy groups -OCH3 is 3. The van der Waals surface area contributed by atoms with E-state index in [9.17, 15) is 4.79 Å². The van der Waals surface area contributed by atoms with Gasteiger partial charge >= 0.3 is 0 Å². The molecule has 0 saturated carbocycles. The Bertz CT molecular complexity index is 726. The second-order valence-electron chi connectivity index (χ2n) is 5.66. The van der Waals surface area contributed by atoms with Crippen LogP contribution in [0.4, 0.5) is 0 Å². The molecule has 1 N–H and O–H groups in total. The van der Waals surface area contributed by atoms with E-state index >= 15 is 0 Å². The average molecular weight is 316 g/mol. The summed E-state index contributed by atoms with van der Waals surface area (Å²) in [5.74, 6) is 1.91. The van der Waals surface area contributed by atoms with Crippen LogP contribution in [-0.2, 0) is 6.42 Å². The van der Waals surface area contributed by atoms with Crippen LogP contribution in [0.5, 0.6) is 17.2 Å². The van der Waals surface area contributed by atoms with Crippen molar-refractivity contribution in [3.63, 3.8) is 0 Å². The van der Waals surface area contributed by atoms with E-state index in [-0.39, 0.29) is 11.7 Å². The minimum absolute atomic E-state index is 0.0476. The van der Waals surface area contributed by atoms with Crippen molar-refractivity contribution >= 4 is 5.78 Å². The first-order chi connectivity index (χ1) is 11.1. The van der Waals surface area contributed by atoms with Gasteiger partial charge < -0.3 is 14.2 Å². The van der Waals surface area contributed by atoms with E-state index in [4.69, 9.17) is 14.2 Å². The first-order valence-corrected chi connectivity index (χ1v) is 7.46. The van der Waals surface area contributed by atoms with Crippen LogP contribution in [0, 0.1) is 6.92 Å². The molecule has 6 nitrogen and oxygen atoms in total. The van der Waals surface area contributed by atoms with Gasteiger partial charge in [0.15, 0.2) is 17.3 Å². The van der Waals surface area contributed by atoms with Crippen LogP contribution in [0.3, 0.4) is 0 Å². The molecule has 1 heterocycles. The summed E-state index contributed by atoms with van der Waals surface area (Å²) in [5, 5.41) is 7.17. The molecule has 1 aliphatic carbocycles. The van der Waals surface area contributed by atoms with Gasteiger partial charge in [-0.2, -0.15) is 5.10 Å². The quantitative estimate of drug-likeness (QED) is 0.938. The van der Waals surface area contributed by atoms with Crippen molar-refractivity contribution in [1.29, 1.82) is 0 Å². The maximum absolute atomic E-state index is 12.4.